The van der Waals surface area contributed by atoms with Gasteiger partial charge in [0.2, 0.25) is 0 Å². The zero-order valence-electron chi connectivity index (χ0n) is 7.86. The highest BCUT2D eigenvalue weighted by Crippen LogP contribution is 2.27. The van der Waals surface area contributed by atoms with Gasteiger partial charge in [-0.1, -0.05) is 24.3 Å². The minimum atomic E-state index is -0.887. The van der Waals surface area contributed by atoms with Gasteiger partial charge < -0.3 is 5.11 Å². The third-order valence-corrected chi connectivity index (χ3v) is 2.66. The number of hydrogen-bond donors (Lipinski definition) is 2. The molecule has 3 nitrogen and oxygen atoms in total. The molecule has 0 saturated carbocycles. The molecule has 0 aliphatic carbocycles. The molecular formula is C11H13NO2. The number of aldehydes is 1. The van der Waals surface area contributed by atoms with Crippen LogP contribution in [-0.4, -0.2) is 17.9 Å². The van der Waals surface area contributed by atoms with Gasteiger partial charge in [0.05, 0.1) is 0 Å². The lowest BCUT2D eigenvalue weighted by molar-refractivity contribution is 0.0207. The van der Waals surface area contributed by atoms with E-state index in [-0.39, 0.29) is 0 Å². The van der Waals surface area contributed by atoms with E-state index in [1.807, 2.05) is 0 Å². The fraction of sp³-hybridized carbons (Fsp3) is 0.364. The van der Waals surface area contributed by atoms with Crippen molar-refractivity contribution in [1.29, 1.82) is 0 Å². The molecule has 2 rings (SSSR count). The number of benzene rings is 1. The molecule has 1 atom stereocenters. The second kappa shape index (κ2) is 3.52. The summed E-state index contributed by atoms with van der Waals surface area (Å²) in [6.07, 6.45) is 2.51. The number of hydrogen-bond acceptors (Lipinski definition) is 3. The van der Waals surface area contributed by atoms with E-state index in [1.165, 1.54) is 0 Å². The standard InChI is InChI=1S/C11H13NO2/c13-8-9-2-4-10(5-3-9)11(14)6-1-7-12-11/h2-5,8,12,14H,1,6-7H2/t11-/m1/s1. The van der Waals surface area contributed by atoms with Crippen LogP contribution < -0.4 is 5.32 Å². The fourth-order valence-corrected chi connectivity index (χ4v) is 1.81. The quantitative estimate of drug-likeness (QED) is 0.686. The van der Waals surface area contributed by atoms with Gasteiger partial charge in [0, 0.05) is 5.56 Å². The highest BCUT2D eigenvalue weighted by Gasteiger charge is 2.32. The zero-order valence-corrected chi connectivity index (χ0v) is 7.86. The van der Waals surface area contributed by atoms with Crippen LogP contribution in [0.2, 0.25) is 0 Å². The second-order valence-electron chi connectivity index (χ2n) is 3.63. The first-order valence-electron chi connectivity index (χ1n) is 4.78. The number of rotatable bonds is 2. The molecule has 1 aromatic carbocycles. The van der Waals surface area contributed by atoms with Crippen molar-refractivity contribution in [3.63, 3.8) is 0 Å². The zero-order chi connectivity index (χ0) is 10.0. The Morgan fingerprint density at radius 1 is 1.36 bits per heavy atom. The van der Waals surface area contributed by atoms with Gasteiger partial charge in [0.25, 0.3) is 0 Å². The van der Waals surface area contributed by atoms with Crippen LogP contribution in [-0.2, 0) is 5.72 Å². The molecule has 1 aliphatic heterocycles. The van der Waals surface area contributed by atoms with Crippen LogP contribution >= 0.6 is 0 Å². The van der Waals surface area contributed by atoms with E-state index >= 15 is 0 Å². The van der Waals surface area contributed by atoms with Crippen molar-refractivity contribution in [2.75, 3.05) is 6.54 Å². The molecular weight excluding hydrogens is 178 g/mol. The summed E-state index contributed by atoms with van der Waals surface area (Å²) in [6.45, 7) is 0.839. The molecule has 74 valence electrons. The third kappa shape index (κ3) is 1.56. The van der Waals surface area contributed by atoms with Crippen LogP contribution in [0.15, 0.2) is 24.3 Å². The topological polar surface area (TPSA) is 49.3 Å². The molecule has 0 amide bonds. The predicted molar refractivity (Wildman–Crippen MR) is 53.0 cm³/mol. The summed E-state index contributed by atoms with van der Waals surface area (Å²) in [5.41, 5.74) is 0.581. The first kappa shape index (κ1) is 9.37. The Kier molecular flexibility index (Phi) is 2.35. The van der Waals surface area contributed by atoms with E-state index in [2.05, 4.69) is 5.32 Å². The molecule has 0 radical (unpaired) electrons. The summed E-state index contributed by atoms with van der Waals surface area (Å²) in [7, 11) is 0. The molecule has 2 N–H and O–H groups in total. The highest BCUT2D eigenvalue weighted by atomic mass is 16.3. The lowest BCUT2D eigenvalue weighted by Crippen LogP contribution is -2.36. The molecule has 0 bridgehead atoms. The number of carbonyl (C=O) groups excluding carboxylic acids is 1. The van der Waals surface area contributed by atoms with Gasteiger partial charge in [-0.2, -0.15) is 0 Å². The molecule has 1 heterocycles. The van der Waals surface area contributed by atoms with Crippen molar-refractivity contribution in [2.24, 2.45) is 0 Å². The van der Waals surface area contributed by atoms with Crippen LogP contribution in [0.25, 0.3) is 0 Å². The normalized spacial score (nSPS) is 26.4. The summed E-state index contributed by atoms with van der Waals surface area (Å²) in [6, 6.07) is 7.03. The van der Waals surface area contributed by atoms with Crippen LogP contribution in [0.4, 0.5) is 0 Å². The van der Waals surface area contributed by atoms with E-state index in [0.717, 1.165) is 31.2 Å². The summed E-state index contributed by atoms with van der Waals surface area (Å²) in [5, 5.41) is 13.2. The Morgan fingerprint density at radius 2 is 2.07 bits per heavy atom. The fourth-order valence-electron chi connectivity index (χ4n) is 1.81. The van der Waals surface area contributed by atoms with Crippen LogP contribution in [0.1, 0.15) is 28.8 Å². The smallest absolute Gasteiger partial charge is 0.150 e. The Bertz CT molecular complexity index is 326. The average Bonchev–Trinajstić information content (AvgIpc) is 2.67. The van der Waals surface area contributed by atoms with Crippen LogP contribution in [0, 0.1) is 0 Å². The molecule has 0 aromatic heterocycles. The first-order valence-corrected chi connectivity index (χ1v) is 4.78. The maximum absolute atomic E-state index is 10.4. The average molecular weight is 191 g/mol. The van der Waals surface area contributed by atoms with Crippen molar-refractivity contribution < 1.29 is 9.90 Å². The van der Waals surface area contributed by atoms with Gasteiger partial charge in [-0.05, 0) is 24.9 Å². The number of aliphatic hydroxyl groups is 1. The van der Waals surface area contributed by atoms with Crippen molar-refractivity contribution in [3.8, 4) is 0 Å². The van der Waals surface area contributed by atoms with E-state index in [0.29, 0.717) is 5.56 Å². The van der Waals surface area contributed by atoms with Crippen LogP contribution in [0.5, 0.6) is 0 Å². The largest absolute Gasteiger partial charge is 0.372 e. The van der Waals surface area contributed by atoms with Crippen molar-refractivity contribution >= 4 is 6.29 Å². The summed E-state index contributed by atoms with van der Waals surface area (Å²) in [5.74, 6) is 0. The summed E-state index contributed by atoms with van der Waals surface area (Å²) in [4.78, 5) is 10.4. The van der Waals surface area contributed by atoms with Crippen molar-refractivity contribution in [2.45, 2.75) is 18.6 Å². The van der Waals surface area contributed by atoms with E-state index in [4.69, 9.17) is 0 Å². The van der Waals surface area contributed by atoms with Crippen molar-refractivity contribution in [3.05, 3.63) is 35.4 Å². The van der Waals surface area contributed by atoms with Gasteiger partial charge >= 0.3 is 0 Å². The van der Waals surface area contributed by atoms with Gasteiger partial charge in [-0.25, -0.2) is 0 Å². The van der Waals surface area contributed by atoms with Crippen molar-refractivity contribution in [1.82, 2.24) is 5.32 Å². The predicted octanol–water partition coefficient (Wildman–Crippen LogP) is 1.03. The Morgan fingerprint density at radius 3 is 2.57 bits per heavy atom. The lowest BCUT2D eigenvalue weighted by atomic mass is 10.00. The van der Waals surface area contributed by atoms with E-state index < -0.39 is 5.72 Å². The molecule has 0 spiro atoms. The van der Waals surface area contributed by atoms with Crippen LogP contribution in [0.3, 0.4) is 0 Å². The minimum Gasteiger partial charge on any atom is -0.372 e. The van der Waals surface area contributed by atoms with Gasteiger partial charge in [-0.15, -0.1) is 0 Å². The maximum atomic E-state index is 10.4. The SMILES string of the molecule is O=Cc1ccc([C@]2(O)CCCN2)cc1. The van der Waals surface area contributed by atoms with Gasteiger partial charge in [-0.3, -0.25) is 10.1 Å². The van der Waals surface area contributed by atoms with E-state index in [1.54, 1.807) is 24.3 Å². The second-order valence-corrected chi connectivity index (χ2v) is 3.63. The Balaban J connectivity index is 2.27. The number of nitrogens with one attached hydrogen (secondary N) is 1. The molecule has 3 heteroatoms. The van der Waals surface area contributed by atoms with E-state index in [9.17, 15) is 9.90 Å². The third-order valence-electron chi connectivity index (χ3n) is 2.66. The van der Waals surface area contributed by atoms with Gasteiger partial charge in [0.1, 0.15) is 12.0 Å². The first-order chi connectivity index (χ1) is 6.74. The summed E-state index contributed by atoms with van der Waals surface area (Å²) >= 11 is 0. The van der Waals surface area contributed by atoms with Gasteiger partial charge in [0.15, 0.2) is 0 Å². The minimum absolute atomic E-state index is 0.635. The molecule has 1 saturated heterocycles. The molecule has 14 heavy (non-hydrogen) atoms. The monoisotopic (exact) mass is 191 g/mol. The molecule has 1 aromatic rings. The Hall–Kier alpha value is -1.19. The molecule has 1 aliphatic rings. The Labute approximate surface area is 82.8 Å². The highest BCUT2D eigenvalue weighted by molar-refractivity contribution is 5.74. The lowest BCUT2D eigenvalue weighted by Gasteiger charge is -2.23. The summed E-state index contributed by atoms with van der Waals surface area (Å²) < 4.78 is 0. The number of carbonyl (C=O) groups is 1. The molecule has 0 unspecified atom stereocenters. The molecule has 1 fully saturated rings. The maximum Gasteiger partial charge on any atom is 0.150 e.